The molecule has 3 aliphatic carbocycles. The van der Waals surface area contributed by atoms with E-state index in [0.717, 1.165) is 25.7 Å². The third-order valence-corrected chi connectivity index (χ3v) is 5.83. The summed E-state index contributed by atoms with van der Waals surface area (Å²) in [5.74, 6) is -0.395. The van der Waals surface area contributed by atoms with Crippen molar-refractivity contribution in [2.24, 2.45) is 17.8 Å². The maximum Gasteiger partial charge on any atom is 0.311 e. The molecule has 2 atom stereocenters. The van der Waals surface area contributed by atoms with Gasteiger partial charge in [-0.25, -0.2) is 9.37 Å². The van der Waals surface area contributed by atoms with Crippen molar-refractivity contribution in [3.63, 3.8) is 0 Å². The van der Waals surface area contributed by atoms with E-state index >= 15 is 4.39 Å². The monoisotopic (exact) mass is 393 g/mol. The van der Waals surface area contributed by atoms with Crippen LogP contribution < -0.4 is 5.32 Å². The topological polar surface area (TPSA) is 77.2 Å². The Balaban J connectivity index is 1.67. The van der Waals surface area contributed by atoms with Gasteiger partial charge in [-0.15, -0.1) is 0 Å². The van der Waals surface area contributed by atoms with Gasteiger partial charge in [0.15, 0.2) is 17.4 Å². The van der Waals surface area contributed by atoms with Crippen LogP contribution in [0.3, 0.4) is 0 Å². The van der Waals surface area contributed by atoms with Crippen LogP contribution in [0.1, 0.15) is 32.6 Å². The summed E-state index contributed by atoms with van der Waals surface area (Å²) < 4.78 is 25.6. The second-order valence-corrected chi connectivity index (χ2v) is 7.44. The molecule has 0 aromatic carbocycles. The molecule has 144 valence electrons. The predicted molar refractivity (Wildman–Crippen MR) is 97.7 cm³/mol. The highest BCUT2D eigenvalue weighted by atomic mass is 35.5. The van der Waals surface area contributed by atoms with Crippen molar-refractivity contribution < 1.29 is 18.3 Å². The first-order valence-electron chi connectivity index (χ1n) is 9.28. The molecule has 8 heteroatoms. The molecular formula is C19H21ClFN3O3. The van der Waals surface area contributed by atoms with Crippen LogP contribution in [0, 0.1) is 23.6 Å². The smallest absolute Gasteiger partial charge is 0.311 e. The first kappa shape index (κ1) is 18.2. The molecule has 5 rings (SSSR count). The fraction of sp³-hybridized carbons (Fsp3) is 0.526. The van der Waals surface area contributed by atoms with E-state index in [4.69, 9.17) is 20.8 Å². The summed E-state index contributed by atoms with van der Waals surface area (Å²) in [5, 5.41) is 3.08. The van der Waals surface area contributed by atoms with Crippen LogP contribution in [0.4, 0.5) is 10.2 Å². The number of nitrogens with zero attached hydrogens (tertiary/aromatic N) is 2. The van der Waals surface area contributed by atoms with Crippen LogP contribution in [0.25, 0.3) is 11.5 Å². The number of halogens is 2. The lowest BCUT2D eigenvalue weighted by atomic mass is 9.61. The molecule has 3 fully saturated rings. The van der Waals surface area contributed by atoms with E-state index in [1.807, 2.05) is 0 Å². The van der Waals surface area contributed by atoms with E-state index in [1.54, 1.807) is 19.1 Å². The summed E-state index contributed by atoms with van der Waals surface area (Å²) in [4.78, 5) is 20.6. The number of hydrogen-bond donors (Lipinski definition) is 1. The van der Waals surface area contributed by atoms with E-state index in [-0.39, 0.29) is 52.3 Å². The standard InChI is InChI=1S/C19H21ClFN3O3/c1-2-26-18(25)13-10-5-7-11(8-6-10)15(13)22-17-14(21)16(23-19(20)24-17)12-4-3-9-27-12/h3-4,9-11,13,15H,2,5-8H2,1H3,(H,22,23,24)/t10?,11?,13-,15-/m1/s1. The van der Waals surface area contributed by atoms with Crippen molar-refractivity contribution in [2.45, 2.75) is 38.6 Å². The van der Waals surface area contributed by atoms with Crippen molar-refractivity contribution in [1.29, 1.82) is 0 Å². The Morgan fingerprint density at radius 2 is 2.07 bits per heavy atom. The number of nitrogens with one attached hydrogen (secondary N) is 1. The minimum Gasteiger partial charge on any atom is -0.466 e. The third kappa shape index (κ3) is 3.40. The number of hydrogen-bond acceptors (Lipinski definition) is 6. The van der Waals surface area contributed by atoms with Crippen molar-refractivity contribution in [1.82, 2.24) is 9.97 Å². The van der Waals surface area contributed by atoms with Crippen LogP contribution in [-0.4, -0.2) is 28.6 Å². The number of furan rings is 1. The first-order chi connectivity index (χ1) is 13.1. The minimum absolute atomic E-state index is 0.00356. The van der Waals surface area contributed by atoms with Gasteiger partial charge in [-0.3, -0.25) is 4.79 Å². The molecule has 2 aromatic rings. The maximum absolute atomic E-state index is 15.1. The van der Waals surface area contributed by atoms with Crippen LogP contribution in [0.2, 0.25) is 5.28 Å². The quantitative estimate of drug-likeness (QED) is 0.602. The van der Waals surface area contributed by atoms with Crippen molar-refractivity contribution in [3.8, 4) is 11.5 Å². The molecule has 0 spiro atoms. The fourth-order valence-electron chi connectivity index (χ4n) is 4.48. The van der Waals surface area contributed by atoms with Crippen molar-refractivity contribution in [2.75, 3.05) is 11.9 Å². The van der Waals surface area contributed by atoms with Gasteiger partial charge in [-0.1, -0.05) is 0 Å². The molecule has 6 nitrogen and oxygen atoms in total. The number of ether oxygens (including phenoxy) is 1. The molecule has 3 aliphatic rings. The molecule has 0 saturated heterocycles. The van der Waals surface area contributed by atoms with Crippen LogP contribution in [0.15, 0.2) is 22.8 Å². The first-order valence-corrected chi connectivity index (χ1v) is 9.66. The fourth-order valence-corrected chi connectivity index (χ4v) is 4.65. The molecule has 2 bridgehead atoms. The Morgan fingerprint density at radius 3 is 2.74 bits per heavy atom. The molecule has 0 amide bonds. The van der Waals surface area contributed by atoms with Crippen LogP contribution in [0.5, 0.6) is 0 Å². The van der Waals surface area contributed by atoms with E-state index < -0.39 is 5.82 Å². The Morgan fingerprint density at radius 1 is 1.33 bits per heavy atom. The summed E-state index contributed by atoms with van der Waals surface area (Å²) >= 11 is 6.02. The lowest BCUT2D eigenvalue weighted by molar-refractivity contribution is -0.154. The zero-order valence-electron chi connectivity index (χ0n) is 15.0. The molecule has 0 unspecified atom stereocenters. The number of rotatable bonds is 5. The van der Waals surface area contributed by atoms with Crippen molar-refractivity contribution >= 4 is 23.4 Å². The highest BCUT2D eigenvalue weighted by Crippen LogP contribution is 2.47. The number of carbonyl (C=O) groups excluding carboxylic acids is 1. The predicted octanol–water partition coefficient (Wildman–Crippen LogP) is 4.31. The Hall–Kier alpha value is -2.15. The molecule has 1 N–H and O–H groups in total. The van der Waals surface area contributed by atoms with Crippen LogP contribution in [-0.2, 0) is 9.53 Å². The van der Waals surface area contributed by atoms with E-state index in [9.17, 15) is 4.79 Å². The Labute approximate surface area is 161 Å². The zero-order chi connectivity index (χ0) is 19.0. The van der Waals surface area contributed by atoms with Gasteiger partial charge in [0.2, 0.25) is 5.28 Å². The van der Waals surface area contributed by atoms with Gasteiger partial charge in [0, 0.05) is 6.04 Å². The normalized spacial score (nSPS) is 26.8. The zero-order valence-corrected chi connectivity index (χ0v) is 15.7. The van der Waals surface area contributed by atoms with Gasteiger partial charge in [0.25, 0.3) is 0 Å². The van der Waals surface area contributed by atoms with E-state index in [1.165, 1.54) is 6.26 Å². The number of esters is 1. The Bertz CT molecular complexity index is 822. The van der Waals surface area contributed by atoms with Gasteiger partial charge in [0.1, 0.15) is 5.69 Å². The molecule has 2 heterocycles. The van der Waals surface area contributed by atoms with Crippen molar-refractivity contribution in [3.05, 3.63) is 29.5 Å². The number of fused-ring (bicyclic) bond motifs is 3. The number of anilines is 1. The summed E-state index contributed by atoms with van der Waals surface area (Å²) in [7, 11) is 0. The second-order valence-electron chi connectivity index (χ2n) is 7.10. The van der Waals surface area contributed by atoms with E-state index in [2.05, 4.69) is 15.3 Å². The van der Waals surface area contributed by atoms with Gasteiger partial charge < -0.3 is 14.5 Å². The molecule has 3 saturated carbocycles. The van der Waals surface area contributed by atoms with Gasteiger partial charge in [-0.05, 0) is 68.2 Å². The summed E-state index contributed by atoms with van der Waals surface area (Å²) in [6, 6.07) is 3.02. The molecule has 27 heavy (non-hydrogen) atoms. The molecule has 0 radical (unpaired) electrons. The largest absolute Gasteiger partial charge is 0.466 e. The second kappa shape index (κ2) is 7.46. The highest BCUT2D eigenvalue weighted by molar-refractivity contribution is 6.28. The third-order valence-electron chi connectivity index (χ3n) is 5.66. The molecular weight excluding hydrogens is 373 g/mol. The molecule has 2 aromatic heterocycles. The number of carbonyl (C=O) groups is 1. The lowest BCUT2D eigenvalue weighted by Gasteiger charge is -2.47. The van der Waals surface area contributed by atoms with Gasteiger partial charge in [-0.2, -0.15) is 4.98 Å². The average Bonchev–Trinajstić information content (AvgIpc) is 3.20. The average molecular weight is 394 g/mol. The Kier molecular flexibility index (Phi) is 5.04. The minimum atomic E-state index is -0.640. The molecule has 0 aliphatic heterocycles. The van der Waals surface area contributed by atoms with Gasteiger partial charge in [0.05, 0.1) is 18.8 Å². The summed E-state index contributed by atoms with van der Waals surface area (Å²) in [6.45, 7) is 2.12. The maximum atomic E-state index is 15.1. The summed E-state index contributed by atoms with van der Waals surface area (Å²) in [5.41, 5.74) is -0.00356. The van der Waals surface area contributed by atoms with E-state index in [0.29, 0.717) is 6.61 Å². The SMILES string of the molecule is CCOC(=O)[C@@H]1C2CCC(CC2)[C@H]1Nc1nc(Cl)nc(-c2ccco2)c1F. The lowest BCUT2D eigenvalue weighted by Crippen LogP contribution is -2.52. The van der Waals surface area contributed by atoms with Crippen LogP contribution >= 0.6 is 11.6 Å². The highest BCUT2D eigenvalue weighted by Gasteiger charge is 2.48. The van der Waals surface area contributed by atoms with Gasteiger partial charge >= 0.3 is 5.97 Å². The number of aromatic nitrogens is 2. The summed E-state index contributed by atoms with van der Waals surface area (Å²) in [6.07, 6.45) is 5.44.